The second-order valence-corrected chi connectivity index (χ2v) is 8.44. The molecule has 2 aromatic rings. The summed E-state index contributed by atoms with van der Waals surface area (Å²) in [5.74, 6) is 2.51. The van der Waals surface area contributed by atoms with Crippen molar-refractivity contribution in [3.63, 3.8) is 0 Å². The van der Waals surface area contributed by atoms with Crippen LogP contribution in [0.3, 0.4) is 0 Å². The van der Waals surface area contributed by atoms with Gasteiger partial charge in [0.25, 0.3) is 5.91 Å². The van der Waals surface area contributed by atoms with Crippen molar-refractivity contribution in [2.45, 2.75) is 19.5 Å². The van der Waals surface area contributed by atoms with Gasteiger partial charge in [-0.05, 0) is 48.3 Å². The molecule has 0 spiro atoms. The highest BCUT2D eigenvalue weighted by Gasteiger charge is 2.39. The minimum absolute atomic E-state index is 0.114. The van der Waals surface area contributed by atoms with E-state index in [0.717, 1.165) is 45.0 Å². The Hall–Kier alpha value is -1.77. The first-order valence-corrected chi connectivity index (χ1v) is 10.1. The summed E-state index contributed by atoms with van der Waals surface area (Å²) < 4.78 is 2.04. The van der Waals surface area contributed by atoms with Gasteiger partial charge in [-0.15, -0.1) is 10.2 Å². The molecule has 0 radical (unpaired) electrons. The Bertz CT molecular complexity index is 756. The van der Waals surface area contributed by atoms with Crippen molar-refractivity contribution in [2.24, 2.45) is 11.8 Å². The smallest absolute Gasteiger partial charge is 0.289 e. The summed E-state index contributed by atoms with van der Waals surface area (Å²) in [5.41, 5.74) is 1.40. The molecule has 140 valence electrons. The molecule has 1 amide bonds. The van der Waals surface area contributed by atoms with Crippen LogP contribution in [-0.2, 0) is 19.5 Å². The van der Waals surface area contributed by atoms with Gasteiger partial charge in [0, 0.05) is 45.7 Å². The molecule has 1 fully saturated rings. The Balaban J connectivity index is 1.39. The fourth-order valence-corrected chi connectivity index (χ4v) is 4.69. The van der Waals surface area contributed by atoms with Crippen LogP contribution in [0.5, 0.6) is 0 Å². The second-order valence-electron chi connectivity index (χ2n) is 7.66. The van der Waals surface area contributed by atoms with E-state index in [1.807, 2.05) is 23.6 Å². The third-order valence-corrected chi connectivity index (χ3v) is 6.11. The molecule has 2 aromatic heterocycles. The van der Waals surface area contributed by atoms with Crippen molar-refractivity contribution in [1.82, 2.24) is 29.9 Å². The van der Waals surface area contributed by atoms with E-state index in [0.29, 0.717) is 24.2 Å². The number of carbonyl (C=O) groups excluding carboxylic acids is 1. The lowest BCUT2D eigenvalue weighted by Gasteiger charge is -2.25. The van der Waals surface area contributed by atoms with Gasteiger partial charge in [-0.1, -0.05) is 0 Å². The molecule has 2 unspecified atom stereocenters. The summed E-state index contributed by atoms with van der Waals surface area (Å²) in [6, 6.07) is 2.21. The highest BCUT2D eigenvalue weighted by molar-refractivity contribution is 7.07. The highest BCUT2D eigenvalue weighted by Crippen LogP contribution is 2.33. The van der Waals surface area contributed by atoms with Crippen molar-refractivity contribution in [3.8, 4) is 0 Å². The van der Waals surface area contributed by atoms with Crippen molar-refractivity contribution in [3.05, 3.63) is 34.0 Å². The molecule has 2 aliphatic heterocycles. The van der Waals surface area contributed by atoms with Gasteiger partial charge in [-0.2, -0.15) is 11.3 Å². The molecule has 2 aliphatic rings. The quantitative estimate of drug-likeness (QED) is 0.815. The Kier molecular flexibility index (Phi) is 5.06. The summed E-state index contributed by atoms with van der Waals surface area (Å²) >= 11 is 1.76. The van der Waals surface area contributed by atoms with Gasteiger partial charge in [0.2, 0.25) is 5.82 Å². The van der Waals surface area contributed by atoms with Crippen molar-refractivity contribution >= 4 is 17.2 Å². The molecule has 0 saturated carbocycles. The summed E-state index contributed by atoms with van der Waals surface area (Å²) in [6.07, 6.45) is 0.919. The normalized spacial score (nSPS) is 22.4. The zero-order valence-corrected chi connectivity index (χ0v) is 16.2. The van der Waals surface area contributed by atoms with Crippen LogP contribution in [0.25, 0.3) is 0 Å². The average molecular weight is 375 g/mol. The lowest BCUT2D eigenvalue weighted by atomic mass is 9.89. The fourth-order valence-electron chi connectivity index (χ4n) is 4.03. The van der Waals surface area contributed by atoms with Crippen LogP contribution in [0.1, 0.15) is 22.0 Å². The minimum Gasteiger partial charge on any atom is -0.348 e. The zero-order valence-electron chi connectivity index (χ0n) is 15.4. The Morgan fingerprint density at radius 2 is 2.15 bits per heavy atom. The topological polar surface area (TPSA) is 66.3 Å². The zero-order chi connectivity index (χ0) is 18.1. The summed E-state index contributed by atoms with van der Waals surface area (Å²) in [4.78, 5) is 17.0. The number of likely N-dealkylation sites (N-methyl/N-ethyl adjacent to an activating group) is 1. The number of hydrogen-bond acceptors (Lipinski definition) is 6. The van der Waals surface area contributed by atoms with Gasteiger partial charge in [-0.3, -0.25) is 9.69 Å². The highest BCUT2D eigenvalue weighted by atomic mass is 32.1. The van der Waals surface area contributed by atoms with Crippen LogP contribution in [0.2, 0.25) is 0 Å². The van der Waals surface area contributed by atoms with Crippen LogP contribution in [-0.4, -0.2) is 70.7 Å². The summed E-state index contributed by atoms with van der Waals surface area (Å²) in [5, 5.41) is 15.8. The summed E-state index contributed by atoms with van der Waals surface area (Å²) in [7, 11) is 3.99. The number of fused-ring (bicyclic) bond motifs is 2. The maximum absolute atomic E-state index is 12.5. The number of likely N-dealkylation sites (tertiary alicyclic amines) is 1. The first-order chi connectivity index (χ1) is 12.6. The maximum Gasteiger partial charge on any atom is 0.289 e. The molecule has 4 heterocycles. The molecular formula is C18H26N6OS. The van der Waals surface area contributed by atoms with E-state index in [2.05, 4.69) is 37.2 Å². The van der Waals surface area contributed by atoms with Crippen LogP contribution in [0.15, 0.2) is 16.8 Å². The fraction of sp³-hybridized carbons (Fsp3) is 0.611. The molecule has 0 aliphatic carbocycles. The van der Waals surface area contributed by atoms with E-state index >= 15 is 0 Å². The van der Waals surface area contributed by atoms with E-state index < -0.39 is 0 Å². The molecule has 0 bridgehead atoms. The predicted molar refractivity (Wildman–Crippen MR) is 101 cm³/mol. The molecule has 8 heteroatoms. The monoisotopic (exact) mass is 374 g/mol. The molecule has 7 nitrogen and oxygen atoms in total. The third kappa shape index (κ3) is 3.67. The Labute approximate surface area is 158 Å². The van der Waals surface area contributed by atoms with Crippen molar-refractivity contribution < 1.29 is 4.79 Å². The first-order valence-electron chi connectivity index (χ1n) is 9.18. The van der Waals surface area contributed by atoms with Gasteiger partial charge in [0.05, 0.1) is 0 Å². The van der Waals surface area contributed by atoms with Gasteiger partial charge >= 0.3 is 0 Å². The van der Waals surface area contributed by atoms with Crippen LogP contribution < -0.4 is 5.32 Å². The number of nitrogens with one attached hydrogen (secondary N) is 1. The number of aromatic nitrogens is 3. The van der Waals surface area contributed by atoms with Gasteiger partial charge in [0.1, 0.15) is 5.82 Å². The van der Waals surface area contributed by atoms with Gasteiger partial charge in [-0.25, -0.2) is 0 Å². The molecule has 1 saturated heterocycles. The molecular weight excluding hydrogens is 348 g/mol. The number of rotatable bonds is 6. The number of amides is 1. The SMILES string of the molecule is CN(C)CCNC(=O)c1nnc2n1CC1CN(Cc3ccsc3)CC1C2. The first kappa shape index (κ1) is 17.6. The van der Waals surface area contributed by atoms with Crippen LogP contribution >= 0.6 is 11.3 Å². The number of carbonyl (C=O) groups is 1. The number of hydrogen-bond donors (Lipinski definition) is 1. The maximum atomic E-state index is 12.5. The Morgan fingerprint density at radius 1 is 1.31 bits per heavy atom. The Morgan fingerprint density at radius 3 is 2.92 bits per heavy atom. The lowest BCUT2D eigenvalue weighted by Crippen LogP contribution is -2.35. The summed E-state index contributed by atoms with van der Waals surface area (Å²) in [6.45, 7) is 5.50. The number of nitrogens with zero attached hydrogens (tertiary/aromatic N) is 5. The van der Waals surface area contributed by atoms with Gasteiger partial charge < -0.3 is 14.8 Å². The molecule has 0 aromatic carbocycles. The molecule has 2 atom stereocenters. The van der Waals surface area contributed by atoms with E-state index in [1.165, 1.54) is 5.56 Å². The third-order valence-electron chi connectivity index (χ3n) is 5.38. The van der Waals surface area contributed by atoms with Crippen molar-refractivity contribution in [1.29, 1.82) is 0 Å². The number of thiophene rings is 1. The minimum atomic E-state index is -0.114. The van der Waals surface area contributed by atoms with E-state index in [9.17, 15) is 4.79 Å². The van der Waals surface area contributed by atoms with Gasteiger partial charge in [0.15, 0.2) is 0 Å². The standard InChI is InChI=1S/C18H26N6OS/c1-22(2)5-4-19-18(25)17-21-20-16-7-14-9-23(8-13-3-6-26-12-13)10-15(14)11-24(16)17/h3,6,12,14-15H,4-5,7-11H2,1-2H3,(H,19,25). The lowest BCUT2D eigenvalue weighted by molar-refractivity contribution is 0.0932. The molecule has 26 heavy (non-hydrogen) atoms. The molecule has 4 rings (SSSR count). The molecule has 1 N–H and O–H groups in total. The predicted octanol–water partition coefficient (Wildman–Crippen LogP) is 0.935. The van der Waals surface area contributed by atoms with E-state index in [1.54, 1.807) is 11.3 Å². The largest absolute Gasteiger partial charge is 0.348 e. The van der Waals surface area contributed by atoms with Crippen molar-refractivity contribution in [2.75, 3.05) is 40.3 Å². The van der Waals surface area contributed by atoms with E-state index in [4.69, 9.17) is 0 Å². The van der Waals surface area contributed by atoms with Crippen LogP contribution in [0, 0.1) is 11.8 Å². The second kappa shape index (κ2) is 7.46. The average Bonchev–Trinajstić information content (AvgIpc) is 3.31. The van der Waals surface area contributed by atoms with E-state index in [-0.39, 0.29) is 5.91 Å². The van der Waals surface area contributed by atoms with Crippen LogP contribution in [0.4, 0.5) is 0 Å².